The average Bonchev–Trinajstić information content (AvgIpc) is 2.71. The van der Waals surface area contributed by atoms with Crippen molar-refractivity contribution >= 4 is 11.6 Å². The molecule has 0 aliphatic carbocycles. The lowest BCUT2D eigenvalue weighted by Crippen LogP contribution is -2.26. The molecule has 0 saturated carbocycles. The van der Waals surface area contributed by atoms with Crippen molar-refractivity contribution in [2.24, 2.45) is 10.7 Å². The van der Waals surface area contributed by atoms with Gasteiger partial charge in [0.1, 0.15) is 0 Å². The summed E-state index contributed by atoms with van der Waals surface area (Å²) in [4.78, 5) is 4.28. The number of nitrogens with one attached hydrogen (secondary N) is 2. The van der Waals surface area contributed by atoms with E-state index >= 15 is 0 Å². The Morgan fingerprint density at radius 1 is 1.47 bits per heavy atom. The minimum absolute atomic E-state index is 0.683. The summed E-state index contributed by atoms with van der Waals surface area (Å²) in [6, 6.07) is 8.25. The van der Waals surface area contributed by atoms with Crippen LogP contribution in [0.2, 0.25) is 0 Å². The van der Waals surface area contributed by atoms with Crippen molar-refractivity contribution in [3.05, 3.63) is 29.8 Å². The fourth-order valence-electron chi connectivity index (χ4n) is 1.59. The molecule has 2 rings (SSSR count). The van der Waals surface area contributed by atoms with Crippen molar-refractivity contribution in [3.63, 3.8) is 0 Å². The van der Waals surface area contributed by atoms with Crippen LogP contribution >= 0.6 is 0 Å². The quantitative estimate of drug-likeness (QED) is 0.674. The maximum atomic E-state index is 5.52. The zero-order valence-electron chi connectivity index (χ0n) is 8.66. The summed E-state index contributed by atoms with van der Waals surface area (Å²) >= 11 is 0. The Hall–Kier alpha value is -1.55. The molecule has 0 saturated heterocycles. The van der Waals surface area contributed by atoms with E-state index in [0.717, 1.165) is 31.2 Å². The molecular weight excluding hydrogens is 188 g/mol. The van der Waals surface area contributed by atoms with E-state index < -0.39 is 0 Å². The van der Waals surface area contributed by atoms with Gasteiger partial charge in [-0.25, -0.2) is 0 Å². The predicted octanol–water partition coefficient (Wildman–Crippen LogP) is 0.559. The first-order valence-corrected chi connectivity index (χ1v) is 5.23. The lowest BCUT2D eigenvalue weighted by molar-refractivity contribution is 0.958. The van der Waals surface area contributed by atoms with Crippen molar-refractivity contribution in [1.82, 2.24) is 5.32 Å². The highest BCUT2D eigenvalue weighted by molar-refractivity contribution is 5.94. The van der Waals surface area contributed by atoms with E-state index in [-0.39, 0.29) is 0 Å². The standard InChI is InChI=1S/C11H16N4/c12-5-4-9-2-1-3-10(8-9)15-11-13-6-7-14-11/h1-3,8H,4-7,12H2,(H2,13,14,15). The van der Waals surface area contributed by atoms with Gasteiger partial charge in [0.2, 0.25) is 0 Å². The Morgan fingerprint density at radius 2 is 2.40 bits per heavy atom. The van der Waals surface area contributed by atoms with Crippen molar-refractivity contribution in [1.29, 1.82) is 0 Å². The SMILES string of the molecule is NCCc1cccc(NC2=NCCN2)c1. The first-order valence-electron chi connectivity index (χ1n) is 5.23. The Morgan fingerprint density at radius 3 is 3.13 bits per heavy atom. The zero-order chi connectivity index (χ0) is 10.5. The van der Waals surface area contributed by atoms with E-state index in [4.69, 9.17) is 5.73 Å². The number of nitrogens with zero attached hydrogens (tertiary/aromatic N) is 1. The van der Waals surface area contributed by atoms with Crippen LogP contribution in [0.3, 0.4) is 0 Å². The normalized spacial score (nSPS) is 14.6. The van der Waals surface area contributed by atoms with Gasteiger partial charge in [0.05, 0.1) is 6.54 Å². The van der Waals surface area contributed by atoms with Crippen LogP contribution in [-0.2, 0) is 6.42 Å². The molecule has 4 nitrogen and oxygen atoms in total. The van der Waals surface area contributed by atoms with Gasteiger partial charge in [-0.05, 0) is 30.7 Å². The topological polar surface area (TPSA) is 62.4 Å². The van der Waals surface area contributed by atoms with Gasteiger partial charge in [-0.1, -0.05) is 12.1 Å². The van der Waals surface area contributed by atoms with Crippen LogP contribution in [0.15, 0.2) is 29.3 Å². The van der Waals surface area contributed by atoms with Crippen LogP contribution in [-0.4, -0.2) is 25.6 Å². The number of hydrogen-bond acceptors (Lipinski definition) is 4. The third kappa shape index (κ3) is 2.70. The van der Waals surface area contributed by atoms with Gasteiger partial charge in [0, 0.05) is 12.2 Å². The van der Waals surface area contributed by atoms with Gasteiger partial charge in [0.15, 0.2) is 5.96 Å². The van der Waals surface area contributed by atoms with Gasteiger partial charge in [-0.3, -0.25) is 4.99 Å². The molecule has 0 bridgehead atoms. The minimum Gasteiger partial charge on any atom is -0.354 e. The third-order valence-electron chi connectivity index (χ3n) is 2.30. The molecule has 1 aromatic rings. The monoisotopic (exact) mass is 204 g/mol. The van der Waals surface area contributed by atoms with Crippen molar-refractivity contribution in [2.45, 2.75) is 6.42 Å². The smallest absolute Gasteiger partial charge is 0.195 e. The van der Waals surface area contributed by atoms with Crippen LogP contribution in [0.4, 0.5) is 5.69 Å². The Balaban J connectivity index is 2.04. The second kappa shape index (κ2) is 4.79. The summed E-state index contributed by atoms with van der Waals surface area (Å²) in [5.41, 5.74) is 7.83. The first-order chi connectivity index (χ1) is 7.38. The number of aliphatic imine (C=N–C) groups is 1. The van der Waals surface area contributed by atoms with Crippen LogP contribution in [0.25, 0.3) is 0 Å². The summed E-state index contributed by atoms with van der Waals surface area (Å²) < 4.78 is 0. The van der Waals surface area contributed by atoms with E-state index in [1.165, 1.54) is 5.56 Å². The molecule has 0 spiro atoms. The molecular formula is C11H16N4. The first kappa shape index (κ1) is 9.98. The molecule has 80 valence electrons. The summed E-state index contributed by atoms with van der Waals surface area (Å²) in [6.07, 6.45) is 0.912. The van der Waals surface area contributed by atoms with Gasteiger partial charge in [-0.2, -0.15) is 0 Å². The lowest BCUT2D eigenvalue weighted by Gasteiger charge is -2.07. The van der Waals surface area contributed by atoms with Crippen LogP contribution < -0.4 is 16.4 Å². The summed E-state index contributed by atoms with van der Waals surface area (Å²) in [6.45, 7) is 2.46. The Bertz CT molecular complexity index is 359. The molecule has 1 aliphatic heterocycles. The van der Waals surface area contributed by atoms with Gasteiger partial charge in [-0.15, -0.1) is 0 Å². The zero-order valence-corrected chi connectivity index (χ0v) is 8.66. The van der Waals surface area contributed by atoms with E-state index in [9.17, 15) is 0 Å². The number of benzene rings is 1. The molecule has 4 N–H and O–H groups in total. The maximum absolute atomic E-state index is 5.52. The molecule has 0 radical (unpaired) electrons. The summed E-state index contributed by atoms with van der Waals surface area (Å²) in [5, 5.41) is 6.41. The van der Waals surface area contributed by atoms with Gasteiger partial charge >= 0.3 is 0 Å². The van der Waals surface area contributed by atoms with Crippen LogP contribution in [0.1, 0.15) is 5.56 Å². The second-order valence-electron chi connectivity index (χ2n) is 3.52. The van der Waals surface area contributed by atoms with Crippen molar-refractivity contribution in [3.8, 4) is 0 Å². The average molecular weight is 204 g/mol. The largest absolute Gasteiger partial charge is 0.354 e. The molecule has 0 fully saturated rings. The predicted molar refractivity (Wildman–Crippen MR) is 63.1 cm³/mol. The molecule has 15 heavy (non-hydrogen) atoms. The third-order valence-corrected chi connectivity index (χ3v) is 2.30. The van der Waals surface area contributed by atoms with Crippen molar-refractivity contribution in [2.75, 3.05) is 25.0 Å². The number of nitrogens with two attached hydrogens (primary N) is 1. The number of anilines is 1. The fourth-order valence-corrected chi connectivity index (χ4v) is 1.59. The molecule has 0 unspecified atom stereocenters. The van der Waals surface area contributed by atoms with Crippen LogP contribution in [0.5, 0.6) is 0 Å². The number of guanidine groups is 1. The minimum atomic E-state index is 0.683. The highest BCUT2D eigenvalue weighted by Gasteiger charge is 2.04. The van der Waals surface area contributed by atoms with E-state index in [1.54, 1.807) is 0 Å². The van der Waals surface area contributed by atoms with E-state index in [1.807, 2.05) is 12.1 Å². The van der Waals surface area contributed by atoms with E-state index in [2.05, 4.69) is 27.8 Å². The fraction of sp³-hybridized carbons (Fsp3) is 0.364. The highest BCUT2D eigenvalue weighted by Crippen LogP contribution is 2.11. The van der Waals surface area contributed by atoms with Crippen LogP contribution in [0, 0.1) is 0 Å². The van der Waals surface area contributed by atoms with E-state index in [0.29, 0.717) is 6.54 Å². The lowest BCUT2D eigenvalue weighted by atomic mass is 10.1. The molecule has 1 aliphatic rings. The summed E-state index contributed by atoms with van der Waals surface area (Å²) in [7, 11) is 0. The Labute approximate surface area is 89.6 Å². The highest BCUT2D eigenvalue weighted by atomic mass is 15.2. The molecule has 1 aromatic carbocycles. The van der Waals surface area contributed by atoms with Gasteiger partial charge in [0.25, 0.3) is 0 Å². The molecule has 1 heterocycles. The summed E-state index contributed by atoms with van der Waals surface area (Å²) in [5.74, 6) is 0.861. The maximum Gasteiger partial charge on any atom is 0.195 e. The Kier molecular flexibility index (Phi) is 3.19. The molecule has 4 heteroatoms. The van der Waals surface area contributed by atoms with Gasteiger partial charge < -0.3 is 16.4 Å². The number of rotatable bonds is 3. The second-order valence-corrected chi connectivity index (χ2v) is 3.52. The molecule has 0 aromatic heterocycles. The van der Waals surface area contributed by atoms with Crippen molar-refractivity contribution < 1.29 is 0 Å². The molecule has 0 amide bonds. The molecule has 0 atom stereocenters. The number of hydrogen-bond donors (Lipinski definition) is 3.